The molecule has 3 rings (SSSR count). The Balaban J connectivity index is 1.63. The molecule has 0 unspecified atom stereocenters. The summed E-state index contributed by atoms with van der Waals surface area (Å²) in [6.07, 6.45) is -2.34. The van der Waals surface area contributed by atoms with Crippen molar-refractivity contribution in [3.8, 4) is 5.75 Å². The van der Waals surface area contributed by atoms with Gasteiger partial charge in [-0.3, -0.25) is 9.59 Å². The number of hydrogen-bond acceptors (Lipinski definition) is 4. The molecule has 1 heterocycles. The van der Waals surface area contributed by atoms with Crippen molar-refractivity contribution in [1.29, 1.82) is 0 Å². The summed E-state index contributed by atoms with van der Waals surface area (Å²) >= 11 is 4.83. The maximum absolute atomic E-state index is 13.0. The number of ether oxygens (including phenoxy) is 2. The van der Waals surface area contributed by atoms with Crippen molar-refractivity contribution in [2.75, 3.05) is 13.2 Å². The smallest absolute Gasteiger partial charge is 0.456 e. The summed E-state index contributed by atoms with van der Waals surface area (Å²) in [7, 11) is 0. The minimum Gasteiger partial charge on any atom is -0.456 e. The minimum absolute atomic E-state index is 0.126. The van der Waals surface area contributed by atoms with Crippen molar-refractivity contribution in [3.05, 3.63) is 29.5 Å². The van der Waals surface area contributed by atoms with Gasteiger partial charge >= 0.3 is 17.7 Å². The van der Waals surface area contributed by atoms with Crippen LogP contribution in [0.25, 0.3) is 10.9 Å². The number of nitrogens with one attached hydrogen (secondary N) is 2. The lowest BCUT2D eigenvalue weighted by molar-refractivity contribution is -0.191. The quantitative estimate of drug-likeness (QED) is 0.290. The van der Waals surface area contributed by atoms with E-state index in [9.17, 15) is 31.5 Å². The molecule has 12 heteroatoms. The van der Waals surface area contributed by atoms with Gasteiger partial charge in [-0.25, -0.2) is 0 Å². The molecule has 188 valence electrons. The van der Waals surface area contributed by atoms with Gasteiger partial charge in [0, 0.05) is 34.7 Å². The lowest BCUT2D eigenvalue weighted by atomic mass is 9.78. The van der Waals surface area contributed by atoms with Gasteiger partial charge in [0.2, 0.25) is 5.91 Å². The van der Waals surface area contributed by atoms with Crippen LogP contribution >= 0.6 is 11.6 Å². The second kappa shape index (κ2) is 10.4. The average Bonchev–Trinajstić information content (AvgIpc) is 3.05. The van der Waals surface area contributed by atoms with Crippen molar-refractivity contribution in [2.24, 2.45) is 11.8 Å². The first kappa shape index (κ1) is 26.1. The first-order chi connectivity index (χ1) is 15.8. The van der Waals surface area contributed by atoms with Crippen LogP contribution in [0.15, 0.2) is 18.2 Å². The van der Waals surface area contributed by atoms with Crippen LogP contribution in [0.1, 0.15) is 36.9 Å². The molecule has 2 N–H and O–H groups in total. The minimum atomic E-state index is -4.64. The number of halogens is 6. The Morgan fingerprint density at radius 3 is 2.47 bits per heavy atom. The second-order valence-corrected chi connectivity index (χ2v) is 8.69. The molecular weight excluding hydrogens is 487 g/mol. The van der Waals surface area contributed by atoms with E-state index in [0.29, 0.717) is 36.6 Å². The van der Waals surface area contributed by atoms with Crippen molar-refractivity contribution in [2.45, 2.75) is 50.8 Å². The zero-order valence-electron chi connectivity index (χ0n) is 18.2. The van der Waals surface area contributed by atoms with E-state index in [1.54, 1.807) is 13.0 Å². The third kappa shape index (κ3) is 6.97. The van der Waals surface area contributed by atoms with Crippen LogP contribution in [0.4, 0.5) is 22.0 Å². The summed E-state index contributed by atoms with van der Waals surface area (Å²) in [4.78, 5) is 28.0. The zero-order valence-corrected chi connectivity index (χ0v) is 19.0. The fraction of sp³-hybridized carbons (Fsp3) is 0.545. The number of amides is 1. The van der Waals surface area contributed by atoms with Gasteiger partial charge in [0.25, 0.3) is 0 Å². The van der Waals surface area contributed by atoms with Crippen LogP contribution in [0, 0.1) is 18.8 Å². The van der Waals surface area contributed by atoms with Crippen LogP contribution in [0.2, 0.25) is 0 Å². The van der Waals surface area contributed by atoms with Crippen molar-refractivity contribution in [1.82, 2.24) is 10.3 Å². The number of esters is 1. The predicted molar refractivity (Wildman–Crippen MR) is 114 cm³/mol. The summed E-state index contributed by atoms with van der Waals surface area (Å²) in [5.74, 6) is -3.28. The molecule has 0 spiro atoms. The first-order valence-corrected chi connectivity index (χ1v) is 11.1. The van der Waals surface area contributed by atoms with E-state index in [1.165, 1.54) is 12.1 Å². The SMILES string of the molecule is Cc1[nH]c2ccc(OC(F)(F)Cl)cc2c1CCNC(=O)[C@@H]1CCCC[C@H]1C(=O)OCC(F)(F)F. The number of aromatic amines is 1. The molecule has 1 saturated carbocycles. The molecule has 2 atom stereocenters. The van der Waals surface area contributed by atoms with Gasteiger partial charge < -0.3 is 19.8 Å². The van der Waals surface area contributed by atoms with Gasteiger partial charge in [0.15, 0.2) is 6.61 Å². The van der Waals surface area contributed by atoms with Crippen LogP contribution in [0.5, 0.6) is 5.75 Å². The molecular formula is C22H24ClF5N2O4. The Hall–Kier alpha value is -2.56. The molecule has 0 radical (unpaired) electrons. The highest BCUT2D eigenvalue weighted by atomic mass is 35.5. The zero-order chi connectivity index (χ0) is 25.1. The van der Waals surface area contributed by atoms with Gasteiger partial charge in [0.05, 0.1) is 11.8 Å². The third-order valence-corrected chi connectivity index (χ3v) is 5.86. The number of fused-ring (bicyclic) bond motifs is 1. The number of rotatable bonds is 8. The predicted octanol–water partition coefficient (Wildman–Crippen LogP) is 5.21. The number of carbonyl (C=O) groups is 2. The summed E-state index contributed by atoms with van der Waals surface area (Å²) < 4.78 is 71.9. The second-order valence-electron chi connectivity index (χ2n) is 8.25. The highest BCUT2D eigenvalue weighted by Gasteiger charge is 2.39. The molecule has 1 aliphatic rings. The van der Waals surface area contributed by atoms with Crippen LogP contribution in [-0.2, 0) is 20.7 Å². The van der Waals surface area contributed by atoms with Crippen LogP contribution in [-0.4, -0.2) is 41.8 Å². The molecule has 0 bridgehead atoms. The number of aryl methyl sites for hydroxylation is 1. The van der Waals surface area contributed by atoms with E-state index in [2.05, 4.69) is 19.8 Å². The van der Waals surface area contributed by atoms with E-state index in [4.69, 9.17) is 11.6 Å². The molecule has 0 aliphatic heterocycles. The number of hydrogen-bond donors (Lipinski definition) is 2. The Morgan fingerprint density at radius 2 is 1.82 bits per heavy atom. The average molecular weight is 511 g/mol. The first-order valence-electron chi connectivity index (χ1n) is 10.7. The van der Waals surface area contributed by atoms with Gasteiger partial charge in [-0.2, -0.15) is 13.2 Å². The molecule has 1 aromatic carbocycles. The summed E-state index contributed by atoms with van der Waals surface area (Å²) in [6.45, 7) is 0.281. The summed E-state index contributed by atoms with van der Waals surface area (Å²) in [5, 5.41) is 3.36. The van der Waals surface area contributed by atoms with Crippen LogP contribution < -0.4 is 10.1 Å². The van der Waals surface area contributed by atoms with E-state index >= 15 is 0 Å². The largest absolute Gasteiger partial charge is 0.487 e. The third-order valence-electron chi connectivity index (χ3n) is 5.78. The molecule has 1 aromatic heterocycles. The number of benzene rings is 1. The standard InChI is InChI=1S/C22H24ClF5N2O4/c1-12-14(17-10-13(34-22(23,27)28)6-7-18(17)30-12)8-9-29-19(31)15-4-2-3-5-16(15)20(32)33-11-21(24,25)26/h6-7,10,15-16,30H,2-5,8-9,11H2,1H3,(H,29,31)/t15-,16-/m1/s1. The van der Waals surface area contributed by atoms with Crippen LogP contribution in [0.3, 0.4) is 0 Å². The van der Waals surface area contributed by atoms with Gasteiger partial charge in [-0.1, -0.05) is 12.8 Å². The molecule has 1 amide bonds. The Kier molecular flexibility index (Phi) is 7.95. The lowest BCUT2D eigenvalue weighted by Gasteiger charge is -2.29. The van der Waals surface area contributed by atoms with E-state index in [-0.39, 0.29) is 18.7 Å². The van der Waals surface area contributed by atoms with Crippen molar-refractivity contribution in [3.63, 3.8) is 0 Å². The maximum atomic E-state index is 13.0. The topological polar surface area (TPSA) is 80.4 Å². The summed E-state index contributed by atoms with van der Waals surface area (Å²) in [6, 6.07) is 4.34. The lowest BCUT2D eigenvalue weighted by Crippen LogP contribution is -2.41. The highest BCUT2D eigenvalue weighted by molar-refractivity contribution is 6.20. The Bertz CT molecular complexity index is 1030. The normalized spacial score (nSPS) is 19.1. The fourth-order valence-corrected chi connectivity index (χ4v) is 4.40. The molecule has 1 aliphatic carbocycles. The molecule has 0 saturated heterocycles. The number of H-pyrrole nitrogens is 1. The van der Waals surface area contributed by atoms with E-state index in [1.807, 2.05) is 0 Å². The monoisotopic (exact) mass is 510 g/mol. The maximum Gasteiger partial charge on any atom is 0.487 e. The molecule has 6 nitrogen and oxygen atoms in total. The molecule has 2 aromatic rings. The Labute approximate surface area is 197 Å². The summed E-state index contributed by atoms with van der Waals surface area (Å²) in [5.41, 5.74) is -1.64. The highest BCUT2D eigenvalue weighted by Crippen LogP contribution is 2.33. The van der Waals surface area contributed by atoms with Gasteiger partial charge in [0.1, 0.15) is 5.75 Å². The van der Waals surface area contributed by atoms with E-state index in [0.717, 1.165) is 11.3 Å². The fourth-order valence-electron chi connectivity index (χ4n) is 4.31. The number of alkyl halides is 6. The van der Waals surface area contributed by atoms with Gasteiger partial charge in [-0.05, 0) is 49.9 Å². The Morgan fingerprint density at radius 1 is 1.15 bits per heavy atom. The van der Waals surface area contributed by atoms with E-state index < -0.39 is 42.1 Å². The molecule has 34 heavy (non-hydrogen) atoms. The van der Waals surface area contributed by atoms with Gasteiger partial charge in [-0.15, -0.1) is 8.78 Å². The number of aromatic nitrogens is 1. The van der Waals surface area contributed by atoms with Crippen molar-refractivity contribution < 1.29 is 41.0 Å². The van der Waals surface area contributed by atoms with Crippen molar-refractivity contribution >= 4 is 34.4 Å². The number of carbonyl (C=O) groups excluding carboxylic acids is 2. The molecule has 1 fully saturated rings.